The molecule has 0 aromatic carbocycles. The molecule has 0 amide bonds. The van der Waals surface area contributed by atoms with Crippen molar-refractivity contribution in [2.75, 3.05) is 0 Å². The van der Waals surface area contributed by atoms with Gasteiger partial charge in [0.15, 0.2) is 5.78 Å². The molecule has 0 aliphatic carbocycles. The summed E-state index contributed by atoms with van der Waals surface area (Å²) in [5.41, 5.74) is 0. The van der Waals surface area contributed by atoms with Crippen LogP contribution in [0.2, 0.25) is 0 Å². The van der Waals surface area contributed by atoms with Crippen LogP contribution in [0.25, 0.3) is 0 Å². The number of carbonyl (C=O) groups is 1. The number of Topliss-reactive ketones (excluding diaryl/α,β-unsaturated/α-hetero) is 1. The minimum atomic E-state index is -0.259. The maximum atomic E-state index is 11.1. The Morgan fingerprint density at radius 1 is 1.50 bits per heavy atom. The van der Waals surface area contributed by atoms with E-state index < -0.39 is 0 Å². The molecule has 1 nitrogen and oxygen atoms in total. The van der Waals surface area contributed by atoms with Crippen LogP contribution >= 0.6 is 11.6 Å². The molecule has 0 aliphatic heterocycles. The number of hydrogen-bond acceptors (Lipinski definition) is 1. The third-order valence-corrected chi connectivity index (χ3v) is 1.85. The zero-order chi connectivity index (χ0) is 8.15. The molecular formula is C8H15ClO. The zero-order valence-corrected chi connectivity index (χ0v) is 7.61. The summed E-state index contributed by atoms with van der Waals surface area (Å²) in [6.45, 7) is 5.80. The van der Waals surface area contributed by atoms with Gasteiger partial charge in [0.05, 0.1) is 5.38 Å². The van der Waals surface area contributed by atoms with Crippen molar-refractivity contribution in [1.82, 2.24) is 0 Å². The fraction of sp³-hybridized carbons (Fsp3) is 0.875. The molecule has 0 saturated heterocycles. The summed E-state index contributed by atoms with van der Waals surface area (Å²) in [6.07, 6.45) is 1.78. The van der Waals surface area contributed by atoms with Crippen molar-refractivity contribution in [2.24, 2.45) is 5.92 Å². The first kappa shape index (κ1) is 9.96. The standard InChI is InChI=1S/C8H15ClO/c1-4-5-7(9)8(10)6(2)3/h6-7H,4-5H2,1-3H3. The molecule has 1 unspecified atom stereocenters. The molecule has 0 heterocycles. The Balaban J connectivity index is 3.71. The van der Waals surface area contributed by atoms with E-state index in [1.54, 1.807) is 0 Å². The fourth-order valence-corrected chi connectivity index (χ4v) is 1.23. The lowest BCUT2D eigenvalue weighted by Gasteiger charge is -2.08. The summed E-state index contributed by atoms with van der Waals surface area (Å²) < 4.78 is 0. The third-order valence-electron chi connectivity index (χ3n) is 1.42. The summed E-state index contributed by atoms with van der Waals surface area (Å²) >= 11 is 5.78. The van der Waals surface area contributed by atoms with E-state index in [0.29, 0.717) is 0 Å². The number of rotatable bonds is 4. The van der Waals surface area contributed by atoms with E-state index in [1.807, 2.05) is 20.8 Å². The maximum absolute atomic E-state index is 11.1. The molecule has 0 aromatic heterocycles. The van der Waals surface area contributed by atoms with E-state index >= 15 is 0 Å². The van der Waals surface area contributed by atoms with Gasteiger partial charge in [-0.2, -0.15) is 0 Å². The molecule has 60 valence electrons. The Labute approximate surface area is 67.8 Å². The molecule has 2 heteroatoms. The van der Waals surface area contributed by atoms with Crippen molar-refractivity contribution in [3.63, 3.8) is 0 Å². The van der Waals surface area contributed by atoms with Gasteiger partial charge in [0.25, 0.3) is 0 Å². The van der Waals surface area contributed by atoms with Crippen LogP contribution in [0.1, 0.15) is 33.6 Å². The van der Waals surface area contributed by atoms with Gasteiger partial charge in [-0.3, -0.25) is 4.79 Å². The largest absolute Gasteiger partial charge is 0.298 e. The van der Waals surface area contributed by atoms with Crippen molar-refractivity contribution in [3.8, 4) is 0 Å². The number of carbonyl (C=O) groups excluding carboxylic acids is 1. The Morgan fingerprint density at radius 2 is 2.00 bits per heavy atom. The minimum Gasteiger partial charge on any atom is -0.298 e. The van der Waals surface area contributed by atoms with Crippen molar-refractivity contribution in [1.29, 1.82) is 0 Å². The van der Waals surface area contributed by atoms with E-state index in [0.717, 1.165) is 12.8 Å². The predicted molar refractivity (Wildman–Crippen MR) is 44.4 cm³/mol. The van der Waals surface area contributed by atoms with E-state index in [9.17, 15) is 4.79 Å². The van der Waals surface area contributed by atoms with Crippen LogP contribution in [-0.2, 0) is 4.79 Å². The quantitative estimate of drug-likeness (QED) is 0.581. The number of alkyl halides is 1. The van der Waals surface area contributed by atoms with Crippen LogP contribution in [0, 0.1) is 5.92 Å². The third kappa shape index (κ3) is 3.21. The molecule has 0 saturated carbocycles. The highest BCUT2D eigenvalue weighted by Gasteiger charge is 2.16. The summed E-state index contributed by atoms with van der Waals surface area (Å²) in [6, 6.07) is 0. The first-order chi connectivity index (χ1) is 4.59. The lowest BCUT2D eigenvalue weighted by Crippen LogP contribution is -2.19. The highest BCUT2D eigenvalue weighted by Crippen LogP contribution is 2.11. The lowest BCUT2D eigenvalue weighted by atomic mass is 10.0. The second kappa shape index (κ2) is 4.73. The topological polar surface area (TPSA) is 17.1 Å². The summed E-state index contributed by atoms with van der Waals surface area (Å²) in [5.74, 6) is 0.248. The van der Waals surface area contributed by atoms with Crippen LogP contribution in [0.15, 0.2) is 0 Å². The van der Waals surface area contributed by atoms with Gasteiger partial charge in [0.2, 0.25) is 0 Å². The van der Waals surface area contributed by atoms with Gasteiger partial charge >= 0.3 is 0 Å². The monoisotopic (exact) mass is 162 g/mol. The van der Waals surface area contributed by atoms with Gasteiger partial charge in [-0.25, -0.2) is 0 Å². The van der Waals surface area contributed by atoms with E-state index in [2.05, 4.69) is 0 Å². The first-order valence-corrected chi connectivity index (χ1v) is 4.21. The van der Waals surface area contributed by atoms with Crippen LogP contribution in [0.5, 0.6) is 0 Å². The first-order valence-electron chi connectivity index (χ1n) is 3.77. The van der Waals surface area contributed by atoms with E-state index in [1.165, 1.54) is 0 Å². The Kier molecular flexibility index (Phi) is 4.71. The zero-order valence-electron chi connectivity index (χ0n) is 6.86. The Morgan fingerprint density at radius 3 is 2.30 bits per heavy atom. The second-order valence-corrected chi connectivity index (χ2v) is 3.34. The minimum absolute atomic E-state index is 0.0778. The molecule has 0 radical (unpaired) electrons. The van der Waals surface area contributed by atoms with Crippen LogP contribution in [0.3, 0.4) is 0 Å². The molecule has 0 spiro atoms. The highest BCUT2D eigenvalue weighted by atomic mass is 35.5. The smallest absolute Gasteiger partial charge is 0.153 e. The number of hydrogen-bond donors (Lipinski definition) is 0. The molecule has 10 heavy (non-hydrogen) atoms. The number of ketones is 1. The summed E-state index contributed by atoms with van der Waals surface area (Å²) in [5, 5.41) is -0.259. The van der Waals surface area contributed by atoms with Crippen LogP contribution in [-0.4, -0.2) is 11.2 Å². The SMILES string of the molecule is CCCC(Cl)C(=O)C(C)C. The normalized spacial score (nSPS) is 13.7. The van der Waals surface area contributed by atoms with Crippen molar-refractivity contribution in [3.05, 3.63) is 0 Å². The molecule has 0 aliphatic rings. The van der Waals surface area contributed by atoms with E-state index in [4.69, 9.17) is 11.6 Å². The van der Waals surface area contributed by atoms with Gasteiger partial charge in [-0.1, -0.05) is 27.2 Å². The molecule has 0 bridgehead atoms. The second-order valence-electron chi connectivity index (χ2n) is 2.81. The maximum Gasteiger partial charge on any atom is 0.153 e. The van der Waals surface area contributed by atoms with Crippen LogP contribution < -0.4 is 0 Å². The molecule has 1 atom stereocenters. The van der Waals surface area contributed by atoms with Crippen LogP contribution in [0.4, 0.5) is 0 Å². The average molecular weight is 163 g/mol. The van der Waals surface area contributed by atoms with Gasteiger partial charge in [0.1, 0.15) is 0 Å². The molecule has 0 N–H and O–H groups in total. The van der Waals surface area contributed by atoms with Gasteiger partial charge < -0.3 is 0 Å². The molecule has 0 aromatic rings. The molecular weight excluding hydrogens is 148 g/mol. The highest BCUT2D eigenvalue weighted by molar-refractivity contribution is 6.31. The van der Waals surface area contributed by atoms with Gasteiger partial charge in [0, 0.05) is 5.92 Å². The van der Waals surface area contributed by atoms with E-state index in [-0.39, 0.29) is 17.1 Å². The summed E-state index contributed by atoms with van der Waals surface area (Å²) in [7, 11) is 0. The molecule has 0 rings (SSSR count). The van der Waals surface area contributed by atoms with Gasteiger partial charge in [-0.05, 0) is 6.42 Å². The fourth-order valence-electron chi connectivity index (χ4n) is 0.757. The van der Waals surface area contributed by atoms with Crippen molar-refractivity contribution < 1.29 is 4.79 Å². The average Bonchev–Trinajstić information content (AvgIpc) is 1.87. The van der Waals surface area contributed by atoms with Gasteiger partial charge in [-0.15, -0.1) is 11.6 Å². The predicted octanol–water partition coefficient (Wildman–Crippen LogP) is 2.62. The van der Waals surface area contributed by atoms with Crippen molar-refractivity contribution in [2.45, 2.75) is 39.0 Å². The number of halogens is 1. The van der Waals surface area contributed by atoms with Crippen molar-refractivity contribution >= 4 is 17.4 Å². The Hall–Kier alpha value is -0.0400. The summed E-state index contributed by atoms with van der Waals surface area (Å²) in [4.78, 5) is 11.1. The molecule has 0 fully saturated rings. The Bertz CT molecular complexity index is 110. The lowest BCUT2D eigenvalue weighted by molar-refractivity contribution is -0.121.